The topological polar surface area (TPSA) is 65.8 Å². The monoisotopic (exact) mass is 483 g/mol. The summed E-state index contributed by atoms with van der Waals surface area (Å²) in [6, 6.07) is 22.0. The summed E-state index contributed by atoms with van der Waals surface area (Å²) in [4.78, 5) is 19.9. The van der Waals surface area contributed by atoms with Crippen LogP contribution in [0.5, 0.6) is 17.2 Å². The second-order valence-electron chi connectivity index (χ2n) is 9.37. The van der Waals surface area contributed by atoms with Gasteiger partial charge in [0.25, 0.3) is 0 Å². The fraction of sp³-hybridized carbons (Fsp3) is 0.310. The first-order chi connectivity index (χ1) is 17.7. The lowest BCUT2D eigenvalue weighted by atomic mass is 10.1. The minimum Gasteiger partial charge on any atom is -0.493 e. The molecular weight excluding hydrogens is 454 g/mol. The van der Waals surface area contributed by atoms with E-state index in [4.69, 9.17) is 19.2 Å². The number of imidazole rings is 1. The Morgan fingerprint density at radius 3 is 2.75 bits per heavy atom. The summed E-state index contributed by atoms with van der Waals surface area (Å²) < 4.78 is 19.2. The number of aryl methyl sites for hydroxylation is 2. The van der Waals surface area contributed by atoms with Crippen LogP contribution in [-0.4, -0.2) is 35.4 Å². The van der Waals surface area contributed by atoms with Gasteiger partial charge in [0.15, 0.2) is 11.5 Å². The van der Waals surface area contributed by atoms with Crippen molar-refractivity contribution in [1.82, 2.24) is 9.55 Å². The third-order valence-corrected chi connectivity index (χ3v) is 6.97. The molecule has 1 atom stereocenters. The van der Waals surface area contributed by atoms with Gasteiger partial charge in [0.05, 0.1) is 17.6 Å². The lowest BCUT2D eigenvalue weighted by Gasteiger charge is -2.18. The molecule has 0 radical (unpaired) electrons. The van der Waals surface area contributed by atoms with E-state index in [1.54, 1.807) is 0 Å². The molecule has 2 aliphatic rings. The Labute approximate surface area is 210 Å². The molecule has 0 spiro atoms. The molecule has 0 N–H and O–H groups in total. The number of nitrogens with zero attached hydrogens (tertiary/aromatic N) is 3. The first kappa shape index (κ1) is 22.5. The van der Waals surface area contributed by atoms with E-state index in [0.29, 0.717) is 25.3 Å². The van der Waals surface area contributed by atoms with Crippen LogP contribution in [-0.2, 0) is 11.3 Å². The van der Waals surface area contributed by atoms with Gasteiger partial charge in [0.2, 0.25) is 12.7 Å². The van der Waals surface area contributed by atoms with E-state index in [-0.39, 0.29) is 18.6 Å². The highest BCUT2D eigenvalue weighted by molar-refractivity contribution is 5.97. The van der Waals surface area contributed by atoms with E-state index in [2.05, 4.69) is 23.6 Å². The Kier molecular flexibility index (Phi) is 5.97. The number of aromatic nitrogens is 2. The molecule has 3 aromatic carbocycles. The van der Waals surface area contributed by atoms with Crippen molar-refractivity contribution < 1.29 is 19.0 Å². The van der Waals surface area contributed by atoms with Gasteiger partial charge in [0.1, 0.15) is 11.6 Å². The van der Waals surface area contributed by atoms with Gasteiger partial charge >= 0.3 is 0 Å². The molecule has 1 aromatic heterocycles. The van der Waals surface area contributed by atoms with Gasteiger partial charge in [-0.05, 0) is 55.7 Å². The summed E-state index contributed by atoms with van der Waals surface area (Å²) in [6.07, 6.45) is 2.34. The van der Waals surface area contributed by atoms with Crippen LogP contribution < -0.4 is 19.1 Å². The van der Waals surface area contributed by atoms with E-state index in [0.717, 1.165) is 59.0 Å². The number of carbonyl (C=O) groups is 1. The summed E-state index contributed by atoms with van der Waals surface area (Å²) in [7, 11) is 0. The number of carbonyl (C=O) groups excluding carboxylic acids is 1. The van der Waals surface area contributed by atoms with E-state index in [1.807, 2.05) is 59.5 Å². The number of anilines is 1. The highest BCUT2D eigenvalue weighted by Crippen LogP contribution is 2.39. The van der Waals surface area contributed by atoms with E-state index in [1.165, 1.54) is 0 Å². The molecule has 0 aliphatic carbocycles. The quantitative estimate of drug-likeness (QED) is 0.312. The van der Waals surface area contributed by atoms with Gasteiger partial charge in [-0.15, -0.1) is 0 Å². The Bertz CT molecular complexity index is 1410. The second-order valence-corrected chi connectivity index (χ2v) is 9.37. The van der Waals surface area contributed by atoms with Crippen LogP contribution in [0.4, 0.5) is 5.69 Å². The molecule has 0 bridgehead atoms. The van der Waals surface area contributed by atoms with Gasteiger partial charge < -0.3 is 23.7 Å². The maximum absolute atomic E-state index is 13.0. The summed E-state index contributed by atoms with van der Waals surface area (Å²) >= 11 is 0. The standard InChI is InChI=1S/C29H29N3O4/c1-20-8-2-5-11-25(20)34-15-7-6-14-31-24-10-4-3-9-23(24)30-29(31)21-16-28(33)32(18-21)22-12-13-26-27(17-22)36-19-35-26/h2-5,8-13,17,21H,6-7,14-16,18-19H2,1H3. The molecule has 4 aromatic rings. The molecule has 6 rings (SSSR count). The molecule has 1 fully saturated rings. The maximum atomic E-state index is 13.0. The van der Waals surface area contributed by atoms with Gasteiger partial charge in [-0.25, -0.2) is 4.98 Å². The van der Waals surface area contributed by atoms with Crippen molar-refractivity contribution in [1.29, 1.82) is 0 Å². The number of rotatable bonds is 8. The van der Waals surface area contributed by atoms with E-state index in [9.17, 15) is 4.79 Å². The Morgan fingerprint density at radius 2 is 1.83 bits per heavy atom. The van der Waals surface area contributed by atoms with E-state index < -0.39 is 0 Å². The van der Waals surface area contributed by atoms with Crippen LogP contribution in [0.25, 0.3) is 11.0 Å². The third kappa shape index (κ3) is 4.26. The molecule has 1 unspecified atom stereocenters. The Hall–Kier alpha value is -4.00. The third-order valence-electron chi connectivity index (χ3n) is 6.97. The van der Waals surface area contributed by atoms with Gasteiger partial charge in [-0.3, -0.25) is 4.79 Å². The van der Waals surface area contributed by atoms with Crippen LogP contribution >= 0.6 is 0 Å². The fourth-order valence-electron chi connectivity index (χ4n) is 5.10. The van der Waals surface area contributed by atoms with Crippen molar-refractivity contribution in [3.8, 4) is 17.2 Å². The second kappa shape index (κ2) is 9.57. The van der Waals surface area contributed by atoms with Crippen molar-refractivity contribution in [2.45, 2.75) is 38.6 Å². The largest absolute Gasteiger partial charge is 0.493 e. The summed E-state index contributed by atoms with van der Waals surface area (Å²) in [6.45, 7) is 4.39. The lowest BCUT2D eigenvalue weighted by molar-refractivity contribution is -0.117. The van der Waals surface area contributed by atoms with E-state index >= 15 is 0 Å². The average molecular weight is 484 g/mol. The van der Waals surface area contributed by atoms with Crippen LogP contribution in [0, 0.1) is 6.92 Å². The number of ether oxygens (including phenoxy) is 3. The molecule has 1 saturated heterocycles. The molecule has 184 valence electrons. The zero-order valence-electron chi connectivity index (χ0n) is 20.4. The highest BCUT2D eigenvalue weighted by Gasteiger charge is 2.35. The first-order valence-electron chi connectivity index (χ1n) is 12.5. The van der Waals surface area contributed by atoms with Gasteiger partial charge in [-0.2, -0.15) is 0 Å². The Balaban J connectivity index is 1.17. The van der Waals surface area contributed by atoms with Gasteiger partial charge in [0, 0.05) is 37.2 Å². The van der Waals surface area contributed by atoms with Crippen LogP contribution in [0.3, 0.4) is 0 Å². The van der Waals surface area contributed by atoms with Crippen LogP contribution in [0.1, 0.15) is 36.6 Å². The molecule has 2 aliphatic heterocycles. The average Bonchev–Trinajstić information content (AvgIpc) is 3.61. The van der Waals surface area contributed by atoms with Crippen molar-refractivity contribution in [2.75, 3.05) is 24.8 Å². The summed E-state index contributed by atoms with van der Waals surface area (Å²) in [5, 5.41) is 0. The minimum absolute atomic E-state index is 0.0264. The lowest BCUT2D eigenvalue weighted by Crippen LogP contribution is -2.24. The number of hydrogen-bond donors (Lipinski definition) is 0. The number of para-hydroxylation sites is 3. The SMILES string of the molecule is Cc1ccccc1OCCCCn1c(C2CC(=O)N(c3ccc4c(c3)OCO4)C2)nc2ccccc21. The molecular formula is C29H29N3O4. The zero-order chi connectivity index (χ0) is 24.5. The predicted octanol–water partition coefficient (Wildman–Crippen LogP) is 5.45. The molecule has 3 heterocycles. The van der Waals surface area contributed by atoms with Crippen molar-refractivity contribution in [3.05, 3.63) is 78.1 Å². The number of unbranched alkanes of at least 4 members (excludes halogenated alkanes) is 1. The molecule has 0 saturated carbocycles. The van der Waals surface area contributed by atoms with Crippen molar-refractivity contribution in [3.63, 3.8) is 0 Å². The number of amides is 1. The Morgan fingerprint density at radius 1 is 1.00 bits per heavy atom. The zero-order valence-corrected chi connectivity index (χ0v) is 20.4. The normalized spacial score (nSPS) is 16.8. The van der Waals surface area contributed by atoms with Gasteiger partial charge in [-0.1, -0.05) is 30.3 Å². The highest BCUT2D eigenvalue weighted by atomic mass is 16.7. The number of hydrogen-bond acceptors (Lipinski definition) is 5. The smallest absolute Gasteiger partial charge is 0.231 e. The summed E-state index contributed by atoms with van der Waals surface area (Å²) in [5.74, 6) is 3.45. The predicted molar refractivity (Wildman–Crippen MR) is 138 cm³/mol. The summed E-state index contributed by atoms with van der Waals surface area (Å²) in [5.41, 5.74) is 4.07. The first-order valence-corrected chi connectivity index (χ1v) is 12.5. The fourth-order valence-corrected chi connectivity index (χ4v) is 5.10. The van der Waals surface area contributed by atoms with Crippen molar-refractivity contribution in [2.24, 2.45) is 0 Å². The molecule has 36 heavy (non-hydrogen) atoms. The van der Waals surface area contributed by atoms with Crippen LogP contribution in [0.15, 0.2) is 66.7 Å². The number of benzene rings is 3. The number of fused-ring (bicyclic) bond motifs is 2. The van der Waals surface area contributed by atoms with Crippen LogP contribution in [0.2, 0.25) is 0 Å². The minimum atomic E-state index is 0.0264. The molecule has 1 amide bonds. The maximum Gasteiger partial charge on any atom is 0.231 e. The molecule has 7 nitrogen and oxygen atoms in total. The van der Waals surface area contributed by atoms with Crippen molar-refractivity contribution >= 4 is 22.6 Å². The molecule has 7 heteroatoms.